The van der Waals surface area contributed by atoms with E-state index < -0.39 is 34.3 Å². The molecule has 0 aliphatic rings. The first kappa shape index (κ1) is 28.0. The van der Waals surface area contributed by atoms with Crippen LogP contribution in [0, 0.1) is 5.82 Å². The summed E-state index contributed by atoms with van der Waals surface area (Å²) in [6.45, 7) is 1.73. The molecule has 0 bridgehead atoms. The van der Waals surface area contributed by atoms with E-state index in [1.54, 1.807) is 43.3 Å². The van der Waals surface area contributed by atoms with Crippen molar-refractivity contribution in [3.05, 3.63) is 107 Å². The van der Waals surface area contributed by atoms with Gasteiger partial charge in [-0.25, -0.2) is 12.8 Å². The Morgan fingerprint density at radius 2 is 1.38 bits per heavy atom. The van der Waals surface area contributed by atoms with Crippen molar-refractivity contribution in [2.24, 2.45) is 0 Å². The monoisotopic (exact) mass is 525 g/mol. The van der Waals surface area contributed by atoms with Crippen LogP contribution in [0.5, 0.6) is 0 Å². The number of carbonyl (C=O) groups is 2. The smallest absolute Gasteiger partial charge is 0.243 e. The molecule has 0 heterocycles. The zero-order chi connectivity index (χ0) is 26.8. The van der Waals surface area contributed by atoms with Gasteiger partial charge in [-0.3, -0.25) is 9.59 Å². The molecule has 0 radical (unpaired) electrons. The summed E-state index contributed by atoms with van der Waals surface area (Å²) in [5, 5.41) is 2.79. The number of hydrogen-bond donors (Lipinski definition) is 1. The first-order valence-electron chi connectivity index (χ1n) is 12.0. The minimum absolute atomic E-state index is 0.0106. The van der Waals surface area contributed by atoms with Gasteiger partial charge in [-0.2, -0.15) is 4.31 Å². The van der Waals surface area contributed by atoms with Crippen molar-refractivity contribution in [2.75, 3.05) is 19.3 Å². The van der Waals surface area contributed by atoms with Crippen LogP contribution in [-0.2, 0) is 39.1 Å². The van der Waals surface area contributed by atoms with Crippen molar-refractivity contribution in [1.82, 2.24) is 14.5 Å². The lowest BCUT2D eigenvalue weighted by molar-refractivity contribution is -0.141. The van der Waals surface area contributed by atoms with Crippen molar-refractivity contribution in [3.8, 4) is 0 Å². The summed E-state index contributed by atoms with van der Waals surface area (Å²) in [6, 6.07) is 23.0. The van der Waals surface area contributed by atoms with Crippen LogP contribution < -0.4 is 5.32 Å². The van der Waals surface area contributed by atoms with Gasteiger partial charge in [0.2, 0.25) is 21.8 Å². The summed E-state index contributed by atoms with van der Waals surface area (Å²) < 4.78 is 39.9. The van der Waals surface area contributed by atoms with Crippen molar-refractivity contribution in [3.63, 3.8) is 0 Å². The quantitative estimate of drug-likeness (QED) is 0.393. The Kier molecular flexibility index (Phi) is 9.93. The van der Waals surface area contributed by atoms with E-state index in [0.717, 1.165) is 21.7 Å². The zero-order valence-electron chi connectivity index (χ0n) is 21.0. The van der Waals surface area contributed by atoms with E-state index in [4.69, 9.17) is 0 Å². The van der Waals surface area contributed by atoms with Crippen LogP contribution in [0.25, 0.3) is 0 Å². The van der Waals surface area contributed by atoms with Gasteiger partial charge in [-0.15, -0.1) is 0 Å². The molecule has 196 valence electrons. The molecule has 0 fully saturated rings. The molecule has 0 spiro atoms. The molecule has 9 heteroatoms. The number of likely N-dealkylation sites (N-methyl/N-ethyl adjacent to an activating group) is 1. The normalized spacial score (nSPS) is 12.2. The SMILES string of the molecule is CCNC(=O)[C@@H](Cc1ccccc1)N(Cc1ccc(F)cc1)C(=O)CN(Cc1ccccc1)S(C)(=O)=O. The lowest BCUT2D eigenvalue weighted by Crippen LogP contribution is -2.53. The van der Waals surface area contributed by atoms with Crippen LogP contribution in [0.2, 0.25) is 0 Å². The molecule has 0 aromatic heterocycles. The summed E-state index contributed by atoms with van der Waals surface area (Å²) >= 11 is 0. The minimum atomic E-state index is -3.75. The highest BCUT2D eigenvalue weighted by molar-refractivity contribution is 7.88. The van der Waals surface area contributed by atoms with Gasteiger partial charge in [0.05, 0.1) is 12.8 Å². The number of sulfonamides is 1. The van der Waals surface area contributed by atoms with Crippen LogP contribution in [0.15, 0.2) is 84.9 Å². The largest absolute Gasteiger partial charge is 0.355 e. The third kappa shape index (κ3) is 8.51. The first-order valence-corrected chi connectivity index (χ1v) is 13.9. The number of amides is 2. The molecule has 1 atom stereocenters. The number of rotatable bonds is 12. The molecule has 0 unspecified atom stereocenters. The second kappa shape index (κ2) is 13.1. The van der Waals surface area contributed by atoms with E-state index in [9.17, 15) is 22.4 Å². The average molecular weight is 526 g/mol. The molecule has 2 amide bonds. The number of hydrogen-bond acceptors (Lipinski definition) is 4. The van der Waals surface area contributed by atoms with Crippen LogP contribution in [0.3, 0.4) is 0 Å². The Balaban J connectivity index is 1.97. The summed E-state index contributed by atoms with van der Waals surface area (Å²) in [5.74, 6) is -1.30. The van der Waals surface area contributed by atoms with Gasteiger partial charge in [0.1, 0.15) is 11.9 Å². The van der Waals surface area contributed by atoms with Gasteiger partial charge >= 0.3 is 0 Å². The van der Waals surface area contributed by atoms with Gasteiger partial charge in [-0.05, 0) is 35.7 Å². The average Bonchev–Trinajstić information content (AvgIpc) is 2.87. The molecule has 0 saturated heterocycles. The first-order chi connectivity index (χ1) is 17.7. The topological polar surface area (TPSA) is 86.8 Å². The summed E-state index contributed by atoms with van der Waals surface area (Å²) in [4.78, 5) is 28.4. The molecule has 37 heavy (non-hydrogen) atoms. The number of benzene rings is 3. The highest BCUT2D eigenvalue weighted by Crippen LogP contribution is 2.17. The van der Waals surface area contributed by atoms with E-state index in [1.807, 2.05) is 36.4 Å². The highest BCUT2D eigenvalue weighted by atomic mass is 32.2. The molecule has 0 aliphatic heterocycles. The summed E-state index contributed by atoms with van der Waals surface area (Å²) in [6.07, 6.45) is 1.29. The van der Waals surface area contributed by atoms with Crippen molar-refractivity contribution in [1.29, 1.82) is 0 Å². The standard InChI is InChI=1S/C28H32FN3O4S/c1-3-30-28(34)26(18-22-10-6-4-7-11-22)32(20-24-14-16-25(29)17-15-24)27(33)21-31(37(2,35)36)19-23-12-8-5-9-13-23/h4-17,26H,3,18-21H2,1-2H3,(H,30,34)/t26-/m1/s1. The van der Waals surface area contributed by atoms with Gasteiger partial charge in [0, 0.05) is 26.1 Å². The Morgan fingerprint density at radius 1 is 0.838 bits per heavy atom. The number of halogens is 1. The van der Waals surface area contributed by atoms with E-state index in [0.29, 0.717) is 12.1 Å². The maximum absolute atomic E-state index is 13.8. The number of carbonyl (C=O) groups excluding carboxylic acids is 2. The van der Waals surface area contributed by atoms with E-state index in [2.05, 4.69) is 5.32 Å². The van der Waals surface area contributed by atoms with E-state index >= 15 is 0 Å². The fourth-order valence-corrected chi connectivity index (χ4v) is 4.68. The fraction of sp³-hybridized carbons (Fsp3) is 0.286. The second-order valence-electron chi connectivity index (χ2n) is 8.76. The van der Waals surface area contributed by atoms with Crippen molar-refractivity contribution < 1.29 is 22.4 Å². The molecule has 0 aliphatic carbocycles. The predicted molar refractivity (Wildman–Crippen MR) is 141 cm³/mol. The second-order valence-corrected chi connectivity index (χ2v) is 10.7. The minimum Gasteiger partial charge on any atom is -0.355 e. The zero-order valence-corrected chi connectivity index (χ0v) is 21.8. The van der Waals surface area contributed by atoms with E-state index in [-0.39, 0.29) is 25.4 Å². The van der Waals surface area contributed by atoms with Gasteiger partial charge in [0.25, 0.3) is 0 Å². The lowest BCUT2D eigenvalue weighted by atomic mass is 10.0. The highest BCUT2D eigenvalue weighted by Gasteiger charge is 2.32. The maximum Gasteiger partial charge on any atom is 0.243 e. The Bertz CT molecular complexity index is 1270. The Hall–Kier alpha value is -3.56. The third-order valence-electron chi connectivity index (χ3n) is 5.87. The van der Waals surface area contributed by atoms with Gasteiger partial charge in [0.15, 0.2) is 0 Å². The lowest BCUT2D eigenvalue weighted by Gasteiger charge is -2.33. The molecule has 1 N–H and O–H groups in total. The van der Waals surface area contributed by atoms with Crippen molar-refractivity contribution >= 4 is 21.8 Å². The number of nitrogens with zero attached hydrogens (tertiary/aromatic N) is 2. The van der Waals surface area contributed by atoms with Crippen LogP contribution in [0.4, 0.5) is 4.39 Å². The molecular formula is C28H32FN3O4S. The molecule has 3 aromatic rings. The van der Waals surface area contributed by atoms with Crippen LogP contribution >= 0.6 is 0 Å². The molecule has 7 nitrogen and oxygen atoms in total. The van der Waals surface area contributed by atoms with Gasteiger partial charge < -0.3 is 10.2 Å². The van der Waals surface area contributed by atoms with Crippen molar-refractivity contribution in [2.45, 2.75) is 32.5 Å². The van der Waals surface area contributed by atoms with Crippen LogP contribution in [0.1, 0.15) is 23.6 Å². The Morgan fingerprint density at radius 3 is 1.92 bits per heavy atom. The predicted octanol–water partition coefficient (Wildman–Crippen LogP) is 3.36. The molecular weight excluding hydrogens is 493 g/mol. The Labute approximate surface area is 218 Å². The van der Waals surface area contributed by atoms with Crippen LogP contribution in [-0.4, -0.2) is 54.8 Å². The maximum atomic E-state index is 13.8. The molecule has 3 rings (SSSR count). The third-order valence-corrected chi connectivity index (χ3v) is 7.07. The fourth-order valence-electron chi connectivity index (χ4n) is 3.95. The summed E-state index contributed by atoms with van der Waals surface area (Å²) in [7, 11) is -3.75. The number of nitrogens with one attached hydrogen (secondary N) is 1. The summed E-state index contributed by atoms with van der Waals surface area (Å²) in [5.41, 5.74) is 2.20. The molecule has 0 saturated carbocycles. The van der Waals surface area contributed by atoms with Gasteiger partial charge in [-0.1, -0.05) is 72.8 Å². The van der Waals surface area contributed by atoms with E-state index in [1.165, 1.54) is 17.0 Å². The molecule has 3 aromatic carbocycles.